The third-order valence-electron chi connectivity index (χ3n) is 18.9. The van der Waals surface area contributed by atoms with Crippen LogP contribution in [0.4, 0.5) is 0 Å². The minimum atomic E-state index is -6.38. The molecule has 0 aromatic carbocycles. The van der Waals surface area contributed by atoms with Crippen molar-refractivity contribution >= 4 is 133 Å². The van der Waals surface area contributed by atoms with Crippen molar-refractivity contribution in [3.05, 3.63) is 11.8 Å². The van der Waals surface area contributed by atoms with Crippen LogP contribution in [0, 0.1) is 0 Å². The van der Waals surface area contributed by atoms with E-state index in [4.69, 9.17) is 71.1 Å². The maximum Gasteiger partial charge on any atom is 0.397 e. The molecule has 7 fully saturated rings. The van der Waals surface area contributed by atoms with Crippen molar-refractivity contribution in [1.29, 1.82) is 0 Å². The van der Waals surface area contributed by atoms with Gasteiger partial charge in [-0.2, -0.15) is 98.3 Å². The highest BCUT2D eigenvalue weighted by Crippen LogP contribution is 2.42. The zero-order chi connectivity index (χ0) is 102. The van der Waals surface area contributed by atoms with Crippen LogP contribution in [0.5, 0.6) is 0 Å². The second-order valence-electron chi connectivity index (χ2n) is 28.3. The molecule has 135 heavy (non-hydrogen) atoms. The van der Waals surface area contributed by atoms with Crippen molar-refractivity contribution in [1.82, 2.24) is 19.5 Å². The first-order valence-electron chi connectivity index (χ1n) is 35.6. The zero-order valence-corrected chi connectivity index (χ0v) is 73.5. The number of carboxylic acids is 4. The van der Waals surface area contributed by atoms with E-state index in [0.717, 1.165) is 14.2 Å². The number of aliphatic hydroxyl groups is 10. The average molecular weight is 2190 g/mol. The van der Waals surface area contributed by atoms with Crippen LogP contribution in [0.2, 0.25) is 0 Å². The minimum absolute atomic E-state index is 0.184. The Labute approximate surface area is 753 Å². The largest absolute Gasteiger partial charge is 0.479 e. The summed E-state index contributed by atoms with van der Waals surface area (Å²) in [5, 5.41) is 159. The van der Waals surface area contributed by atoms with Crippen LogP contribution in [0.15, 0.2) is 11.8 Å². The number of carboxylic acid groups (broad SMARTS) is 4. The van der Waals surface area contributed by atoms with Gasteiger partial charge in [0.2, 0.25) is 18.0 Å². The van der Waals surface area contributed by atoms with E-state index < -0.39 is 399 Å². The molecule has 7 saturated heterocycles. The Morgan fingerprint density at radius 3 is 0.926 bits per heavy atom. The predicted octanol–water partition coefficient (Wildman–Crippen LogP) is -19.8. The van der Waals surface area contributed by atoms with E-state index >= 15 is 0 Å². The van der Waals surface area contributed by atoms with Gasteiger partial charge in [0.05, 0.1) is 26.4 Å². The molecule has 28 N–H and O–H groups in total. The predicted molar refractivity (Wildman–Crippen MR) is 387 cm³/mol. The van der Waals surface area contributed by atoms with Gasteiger partial charge < -0.3 is 148 Å². The fourth-order valence-electron chi connectivity index (χ4n) is 13.7. The summed E-state index contributed by atoms with van der Waals surface area (Å²) >= 11 is 0. The van der Waals surface area contributed by atoms with Crippen LogP contribution in [0.3, 0.4) is 0 Å². The summed E-state index contributed by atoms with van der Waals surface area (Å²) in [5.74, 6) is -12.5. The number of hydrogen-bond acceptors (Lipinski definition) is 57. The first kappa shape index (κ1) is 115. The molecule has 1 amide bonds. The lowest BCUT2D eigenvalue weighted by atomic mass is 9.94. The Kier molecular flexibility index (Phi) is 37.7. The summed E-state index contributed by atoms with van der Waals surface area (Å²) in [6.45, 7) is -6.86. The molecule has 0 unspecified atom stereocenters. The molecule has 8 rings (SSSR count). The highest BCUT2D eigenvalue weighted by atomic mass is 32.3. The molecule has 0 radical (unpaired) electrons. The summed E-state index contributed by atoms with van der Waals surface area (Å²) in [6, 6.07) is -11.5. The summed E-state index contributed by atoms with van der Waals surface area (Å²) in [6.07, 6.45) is -102. The maximum absolute atomic E-state index is 13.3. The summed E-state index contributed by atoms with van der Waals surface area (Å²) in [7, 11) is -59.5. The standard InChI is InChI=1S/C50H78N4O71S10/c1-7(55)51-14-18(57)27(10(3-104-129(83,84)85)110-44(14)117-32-22(61)24(63)48(121-36(32)40(67)68)116-30-13(6-107-132(92,93)94)108-43(73)17(54-128(80,81)82)31(30)124-134(98,99)100)113-47-23(62)21(60)33(37(120-47)41(69)70)118-45-15(52-126(74,75)76)20(59)29(12(111-45)5-106-131(89,90)91)115-50-35(125-135(101,102)103)25(64)34(38(122-50)42(71)72)119-46-16(53-127(77,78)79)19(58)28(11(112-46)4-105-130(86,87)88)114-49-26(123-133(95,96)97)8(56)2-9(109-49)39(65)66/h2,8,10-38,43-50,52-54,56-64,73H,3-6H2,1H3,(H,51,55)(H,65,66)(H,67,68)(H,69,70)(H,71,72)(H,74,75,76)(H,77,78,79)(H,80,81,82)(H,83,84,85)(H,86,87,88)(H,89,90,91)(H,92,93,94)(H,95,96,97)(H,98,99,100)(H,101,102,103)/t8-,10+,11+,12+,13+,14+,15+,16+,17+,18+,19+,20+,21+,22+,23+,24+,25-,26+,27+,28+,29+,30+,31+,32-,33-,34-,35+,36-,37+,38+,43-,44+,45+,46+,47+,48+,49-,50+/m0/s1. The molecular weight excluding hydrogens is 2110 g/mol. The highest BCUT2D eigenvalue weighted by molar-refractivity contribution is 7.84. The monoisotopic (exact) mass is 2190 g/mol. The quantitative estimate of drug-likeness (QED) is 0.0252. The lowest BCUT2D eigenvalue weighted by molar-refractivity contribution is -0.380. The minimum Gasteiger partial charge on any atom is -0.479 e. The molecule has 0 aromatic rings. The number of carbonyl (C=O) groups excluding carboxylic acids is 1. The fraction of sp³-hybridized carbons (Fsp3) is 0.860. The third-order valence-corrected chi connectivity index (χ3v) is 23.7. The summed E-state index contributed by atoms with van der Waals surface area (Å²) < 4.78 is 455. The van der Waals surface area contributed by atoms with Gasteiger partial charge in [-0.1, -0.05) is 0 Å². The molecule has 0 bridgehead atoms. The smallest absolute Gasteiger partial charge is 0.397 e. The molecule has 75 nitrogen and oxygen atoms in total. The lowest BCUT2D eigenvalue weighted by Crippen LogP contribution is -2.71. The van der Waals surface area contributed by atoms with Gasteiger partial charge in [-0.05, 0) is 6.08 Å². The number of aliphatic carboxylic acids is 4. The van der Waals surface area contributed by atoms with E-state index in [-0.39, 0.29) is 6.08 Å². The van der Waals surface area contributed by atoms with E-state index in [1.165, 1.54) is 0 Å². The highest BCUT2D eigenvalue weighted by Gasteiger charge is 2.64. The van der Waals surface area contributed by atoms with Crippen LogP contribution in [-0.2, 0) is 228 Å². The van der Waals surface area contributed by atoms with Gasteiger partial charge in [0.1, 0.15) is 152 Å². The van der Waals surface area contributed by atoms with E-state index in [9.17, 15) is 225 Å². The molecule has 0 spiro atoms. The van der Waals surface area contributed by atoms with Crippen molar-refractivity contribution < 1.29 is 326 Å². The normalized spacial score (nSPS) is 39.2. The number of nitrogens with one attached hydrogen (secondary N) is 4. The van der Waals surface area contributed by atoms with Crippen LogP contribution in [0.1, 0.15) is 6.92 Å². The average Bonchev–Trinajstić information content (AvgIpc) is 0.765. The Bertz CT molecular complexity index is 5470. The molecule has 0 aromatic heterocycles. The molecule has 8 aliphatic heterocycles. The van der Waals surface area contributed by atoms with E-state index in [2.05, 4.69) is 29.3 Å². The molecule has 0 aliphatic carbocycles. The maximum atomic E-state index is 13.3. The van der Waals surface area contributed by atoms with Gasteiger partial charge >= 0.3 is 128 Å². The Morgan fingerprint density at radius 2 is 0.593 bits per heavy atom. The van der Waals surface area contributed by atoms with E-state index in [0.29, 0.717) is 6.92 Å². The number of rotatable bonds is 43. The van der Waals surface area contributed by atoms with Crippen molar-refractivity contribution in [2.24, 2.45) is 0 Å². The lowest BCUT2D eigenvalue weighted by Gasteiger charge is -2.50. The molecule has 784 valence electrons. The van der Waals surface area contributed by atoms with E-state index in [1.54, 1.807) is 0 Å². The van der Waals surface area contributed by atoms with Gasteiger partial charge in [-0.3, -0.25) is 50.3 Å². The van der Waals surface area contributed by atoms with Crippen LogP contribution in [0.25, 0.3) is 0 Å². The van der Waals surface area contributed by atoms with Gasteiger partial charge in [-0.15, -0.1) is 0 Å². The fourth-order valence-corrected chi connectivity index (χ4v) is 18.2. The SMILES string of the molecule is CC(=O)N[C@H]1[C@@H](O[C@H]2[C@H](O)[C@@H](O)[C@H](O[C@H]3[C@H](OS(=O)(=O)O)[C@@H](NS(=O)(=O)O)[C@@H](O)O[C@@H]3COS(=O)(=O)O)O[C@@H]2C(=O)O)O[C@H](COS(=O)(=O)O)[C@@H](O[C@@H]2O[C@@H](C(=O)O)[C@@H](O[C@H]3O[C@H](COS(=O)(=O)O)[C@@H](O[C@@H]4O[C@@H](C(=O)O)[C@@H](O[C@H]5O[C@H](COS(=O)(=O)O)[C@@H](O[C@@H]6OC(C(=O)O)=C[C@H](O)[C@H]6OS(=O)(=O)O)[C@H](O)[C@H]5NS(=O)(=O)O)[C@H](O)[C@H]4OS(=O)(=O)O)[C@H](O)[C@H]3NS(=O)(=O)O)[C@H](O)[C@H]2O)[C@@H]1O. The molecule has 8 aliphatic rings. The Morgan fingerprint density at radius 1 is 0.304 bits per heavy atom. The van der Waals surface area contributed by atoms with Crippen molar-refractivity contribution in [3.63, 3.8) is 0 Å². The summed E-state index contributed by atoms with van der Waals surface area (Å²) in [4.78, 5) is 64.5. The van der Waals surface area contributed by atoms with Gasteiger partial charge in [0, 0.05) is 6.92 Å². The Hall–Kier alpha value is -5.37. The molecular formula is C50H78N4O71S10. The van der Waals surface area contributed by atoms with E-state index in [1.807, 2.05) is 5.32 Å². The van der Waals surface area contributed by atoms with Gasteiger partial charge in [-0.25, -0.2) is 48.5 Å². The molecule has 8 heterocycles. The third kappa shape index (κ3) is 32.3. The number of hydrogen-bond donors (Lipinski definition) is 28. The van der Waals surface area contributed by atoms with Crippen LogP contribution in [-0.4, -0.2) is 491 Å². The topological polar surface area (TPSA) is 1160 Å². The summed E-state index contributed by atoms with van der Waals surface area (Å²) in [5.41, 5.74) is 0. The van der Waals surface area contributed by atoms with Gasteiger partial charge in [0.25, 0.3) is 0 Å². The second kappa shape index (κ2) is 44.2. The number of ether oxygens (including phenoxy) is 15. The van der Waals surface area contributed by atoms with Crippen LogP contribution >= 0.6 is 0 Å². The first-order chi connectivity index (χ1) is 61.4. The number of amides is 1. The zero-order valence-electron chi connectivity index (χ0n) is 65.3. The number of carbonyl (C=O) groups is 5. The Balaban J connectivity index is 1.09. The first-order valence-corrected chi connectivity index (χ1v) is 49.5. The number of aliphatic hydroxyl groups excluding tert-OH is 10. The van der Waals surface area contributed by atoms with Crippen LogP contribution < -0.4 is 19.5 Å². The van der Waals surface area contributed by atoms with Gasteiger partial charge in [0.15, 0.2) is 74.6 Å². The van der Waals surface area contributed by atoms with Crippen molar-refractivity contribution in [3.8, 4) is 0 Å². The second-order valence-corrected chi connectivity index (χ2v) is 39.4. The van der Waals surface area contributed by atoms with Crippen molar-refractivity contribution in [2.75, 3.05) is 26.4 Å². The molecule has 0 saturated carbocycles. The molecule has 38 atom stereocenters. The van der Waals surface area contributed by atoms with Crippen molar-refractivity contribution in [2.45, 2.75) is 240 Å². The molecule has 85 heteroatoms.